The van der Waals surface area contributed by atoms with Gasteiger partial charge in [-0.15, -0.1) is 0 Å². The summed E-state index contributed by atoms with van der Waals surface area (Å²) in [6.45, 7) is 0.335. The van der Waals surface area contributed by atoms with E-state index in [0.717, 1.165) is 5.56 Å². The number of rotatable bonds is 7. The van der Waals surface area contributed by atoms with Crippen LogP contribution in [0.25, 0.3) is 0 Å². The molecule has 0 aromatic heterocycles. The highest BCUT2D eigenvalue weighted by Gasteiger charge is 2.07. The number of benzene rings is 1. The van der Waals surface area contributed by atoms with Crippen molar-refractivity contribution in [3.63, 3.8) is 0 Å². The third-order valence-electron chi connectivity index (χ3n) is 2.22. The Kier molecular flexibility index (Phi) is 7.16. The van der Waals surface area contributed by atoms with Crippen molar-refractivity contribution in [1.29, 1.82) is 0 Å². The maximum atomic E-state index is 11.7. The number of carbonyl (C=O) groups excluding carboxylic acids is 1. The molecule has 0 saturated carbocycles. The summed E-state index contributed by atoms with van der Waals surface area (Å²) in [5.74, 6) is 0. The van der Waals surface area contributed by atoms with E-state index < -0.39 is 6.09 Å². The van der Waals surface area contributed by atoms with Gasteiger partial charge in [0.15, 0.2) is 0 Å². The zero-order chi connectivity index (χ0) is 14.8. The van der Waals surface area contributed by atoms with E-state index >= 15 is 0 Å². The lowest BCUT2D eigenvalue weighted by atomic mass is 10.2. The van der Waals surface area contributed by atoms with Gasteiger partial charge in [0, 0.05) is 20.3 Å². The van der Waals surface area contributed by atoms with Crippen LogP contribution in [0.1, 0.15) is 5.56 Å². The number of hydrogen-bond donors (Lipinski definition) is 1. The van der Waals surface area contributed by atoms with Crippen LogP contribution in [0.5, 0.6) is 0 Å². The molecule has 110 valence electrons. The van der Waals surface area contributed by atoms with E-state index in [9.17, 15) is 4.79 Å². The molecule has 0 bridgehead atoms. The van der Waals surface area contributed by atoms with E-state index in [0.29, 0.717) is 5.70 Å². The van der Waals surface area contributed by atoms with Gasteiger partial charge in [-0.3, -0.25) is 5.32 Å². The van der Waals surface area contributed by atoms with E-state index in [2.05, 4.69) is 10.2 Å². The Bertz CT molecular complexity index is 432. The molecule has 1 rings (SSSR count). The summed E-state index contributed by atoms with van der Waals surface area (Å²) in [6, 6.07) is 9.46. The molecule has 20 heavy (non-hydrogen) atoms. The molecule has 1 N–H and O–H groups in total. The highest BCUT2D eigenvalue weighted by atomic mass is 17.2. The monoisotopic (exact) mass is 280 g/mol. The Hall–Kier alpha value is -2.05. The minimum atomic E-state index is -0.540. The summed E-state index contributed by atoms with van der Waals surface area (Å²) in [5.41, 5.74) is 1.46. The highest BCUT2D eigenvalue weighted by molar-refractivity contribution is 5.69. The van der Waals surface area contributed by atoms with Crippen LogP contribution in [-0.2, 0) is 21.1 Å². The first-order valence-corrected chi connectivity index (χ1v) is 6.12. The lowest BCUT2D eigenvalue weighted by Gasteiger charge is -2.13. The molecule has 6 heteroatoms. The first kappa shape index (κ1) is 16.0. The largest absolute Gasteiger partial charge is 0.444 e. The molecule has 0 aliphatic heterocycles. The van der Waals surface area contributed by atoms with Crippen molar-refractivity contribution >= 4 is 6.09 Å². The number of carbonyl (C=O) groups is 1. The molecule has 0 radical (unpaired) electrons. The fraction of sp³-hybridized carbons (Fsp3) is 0.357. The number of nitrogens with zero attached hydrogens (tertiary/aromatic N) is 1. The van der Waals surface area contributed by atoms with Gasteiger partial charge in [-0.25, -0.2) is 14.6 Å². The topological polar surface area (TPSA) is 60.0 Å². The van der Waals surface area contributed by atoms with Crippen molar-refractivity contribution < 1.29 is 19.3 Å². The molecular formula is C14H20N2O4. The van der Waals surface area contributed by atoms with Crippen LogP contribution < -0.4 is 5.32 Å². The summed E-state index contributed by atoms with van der Waals surface area (Å²) in [7, 11) is 5.08. The molecule has 6 nitrogen and oxygen atoms in total. The smallest absolute Gasteiger partial charge is 0.411 e. The Balaban J connectivity index is 2.45. The van der Waals surface area contributed by atoms with Gasteiger partial charge in [0.25, 0.3) is 0 Å². The summed E-state index contributed by atoms with van der Waals surface area (Å²) in [5, 5.41) is 2.61. The summed E-state index contributed by atoms with van der Waals surface area (Å²) < 4.78 is 5.11. The second-order valence-corrected chi connectivity index (χ2v) is 4.23. The normalized spacial score (nSPS) is 11.1. The van der Waals surface area contributed by atoms with Crippen molar-refractivity contribution in [3.05, 3.63) is 47.8 Å². The summed E-state index contributed by atoms with van der Waals surface area (Å²) in [4.78, 5) is 22.8. The number of hydrogen-bond acceptors (Lipinski definition) is 5. The molecular weight excluding hydrogens is 260 g/mol. The first-order chi connectivity index (χ1) is 9.61. The lowest BCUT2D eigenvalue weighted by Crippen LogP contribution is -2.27. The molecule has 1 aromatic rings. The van der Waals surface area contributed by atoms with Crippen molar-refractivity contribution in [2.24, 2.45) is 0 Å². The number of ether oxygens (including phenoxy) is 1. The van der Waals surface area contributed by atoms with E-state index in [1.54, 1.807) is 11.1 Å². The summed E-state index contributed by atoms with van der Waals surface area (Å²) in [6.07, 6.45) is 1.17. The summed E-state index contributed by atoms with van der Waals surface area (Å²) >= 11 is 0. The fourth-order valence-electron chi connectivity index (χ4n) is 1.43. The van der Waals surface area contributed by atoms with Gasteiger partial charge in [0.05, 0.1) is 12.8 Å². The number of amides is 1. The van der Waals surface area contributed by atoms with Gasteiger partial charge >= 0.3 is 6.09 Å². The van der Waals surface area contributed by atoms with Gasteiger partial charge < -0.3 is 9.64 Å². The Labute approximate surface area is 118 Å². The van der Waals surface area contributed by atoms with Crippen molar-refractivity contribution in [2.75, 3.05) is 27.8 Å². The maximum absolute atomic E-state index is 11.7. The van der Waals surface area contributed by atoms with E-state index in [4.69, 9.17) is 9.62 Å². The quantitative estimate of drug-likeness (QED) is 0.610. The van der Waals surface area contributed by atoms with E-state index in [1.165, 1.54) is 7.11 Å². The number of alkyl carbamates (subject to hydrolysis) is 1. The van der Waals surface area contributed by atoms with Gasteiger partial charge in [0.2, 0.25) is 0 Å². The maximum Gasteiger partial charge on any atom is 0.411 e. The van der Waals surface area contributed by atoms with Crippen molar-refractivity contribution in [1.82, 2.24) is 10.2 Å². The van der Waals surface area contributed by atoms with Crippen LogP contribution in [0.2, 0.25) is 0 Å². The van der Waals surface area contributed by atoms with Gasteiger partial charge in [-0.05, 0) is 5.56 Å². The number of nitrogens with one attached hydrogen (secondary N) is 1. The second-order valence-electron chi connectivity index (χ2n) is 4.23. The van der Waals surface area contributed by atoms with Crippen LogP contribution in [0.15, 0.2) is 42.2 Å². The minimum Gasteiger partial charge on any atom is -0.444 e. The standard InChI is InChI=1S/C14H20N2O4/c1-16(2)9-13(11-20-18-3)15-14(17)19-10-12-7-5-4-6-8-12/h4-9H,10-11H2,1-3H3,(H,15,17)/b13-9-. The fourth-order valence-corrected chi connectivity index (χ4v) is 1.43. The first-order valence-electron chi connectivity index (χ1n) is 6.12. The SMILES string of the molecule is COOC/C(=C/N(C)C)NC(=O)OCc1ccccc1. The predicted octanol–water partition coefficient (Wildman–Crippen LogP) is 1.89. The van der Waals surface area contributed by atoms with Crippen LogP contribution in [0.4, 0.5) is 4.79 Å². The highest BCUT2D eigenvalue weighted by Crippen LogP contribution is 2.01. The van der Waals surface area contributed by atoms with Crippen LogP contribution in [0.3, 0.4) is 0 Å². The molecule has 1 aromatic carbocycles. The molecule has 1 amide bonds. The Morgan fingerprint density at radius 3 is 2.60 bits per heavy atom. The molecule has 0 atom stereocenters. The lowest BCUT2D eigenvalue weighted by molar-refractivity contribution is -0.265. The van der Waals surface area contributed by atoms with Gasteiger partial charge in [-0.2, -0.15) is 0 Å². The van der Waals surface area contributed by atoms with Gasteiger partial charge in [-0.1, -0.05) is 30.3 Å². The molecule has 0 fully saturated rings. The molecule has 0 aliphatic carbocycles. The predicted molar refractivity (Wildman–Crippen MR) is 74.5 cm³/mol. The molecule has 0 unspecified atom stereocenters. The molecule has 0 spiro atoms. The third-order valence-corrected chi connectivity index (χ3v) is 2.22. The molecule has 0 saturated heterocycles. The second kappa shape index (κ2) is 8.95. The minimum absolute atomic E-state index is 0.120. The third kappa shape index (κ3) is 6.77. The average molecular weight is 280 g/mol. The Morgan fingerprint density at radius 2 is 2.00 bits per heavy atom. The van der Waals surface area contributed by atoms with Gasteiger partial charge in [0.1, 0.15) is 13.2 Å². The average Bonchev–Trinajstić information content (AvgIpc) is 2.43. The van der Waals surface area contributed by atoms with Crippen molar-refractivity contribution in [2.45, 2.75) is 6.61 Å². The van der Waals surface area contributed by atoms with Crippen molar-refractivity contribution in [3.8, 4) is 0 Å². The zero-order valence-corrected chi connectivity index (χ0v) is 12.0. The Morgan fingerprint density at radius 1 is 1.30 bits per heavy atom. The molecule has 0 aliphatic rings. The zero-order valence-electron chi connectivity index (χ0n) is 12.0. The van der Waals surface area contributed by atoms with Crippen LogP contribution >= 0.6 is 0 Å². The van der Waals surface area contributed by atoms with Crippen LogP contribution in [-0.4, -0.2) is 38.8 Å². The van der Waals surface area contributed by atoms with Crippen LogP contribution in [0, 0.1) is 0 Å². The van der Waals surface area contributed by atoms with E-state index in [1.807, 2.05) is 44.4 Å². The van der Waals surface area contributed by atoms with E-state index in [-0.39, 0.29) is 13.2 Å². The molecule has 0 heterocycles.